The largest absolute Gasteiger partial charge is 0.496 e. The average Bonchev–Trinajstić information content (AvgIpc) is 2.77. The monoisotopic (exact) mass is 381 g/mol. The smallest absolute Gasteiger partial charge is 0.255 e. The number of likely N-dealkylation sites (tertiary alicyclic amines) is 1. The summed E-state index contributed by atoms with van der Waals surface area (Å²) < 4.78 is 5.31. The van der Waals surface area contributed by atoms with Crippen LogP contribution in [0.1, 0.15) is 58.9 Å². The fourth-order valence-electron chi connectivity index (χ4n) is 3.67. The molecule has 1 saturated heterocycles. The van der Waals surface area contributed by atoms with Crippen LogP contribution in [-0.4, -0.2) is 41.4 Å². The van der Waals surface area contributed by atoms with Gasteiger partial charge in [-0.25, -0.2) is 0 Å². The standard InChI is InChI=1S/C22H27N3O3/c1-3-19-9-6-7-11-25(19)22(27)18-12-17(13-23-14-18)21(26)24-15-16-8-4-5-10-20(16)28-2/h4-5,8,10,12-14,19H,3,6-7,9,11,15H2,1-2H3,(H,24,26). The number of nitrogens with one attached hydrogen (secondary N) is 1. The van der Waals surface area contributed by atoms with Crippen molar-refractivity contribution in [2.75, 3.05) is 13.7 Å². The number of hydrogen-bond donors (Lipinski definition) is 1. The number of piperidine rings is 1. The quantitative estimate of drug-likeness (QED) is 0.832. The maximum atomic E-state index is 12.9. The first-order valence-electron chi connectivity index (χ1n) is 9.80. The summed E-state index contributed by atoms with van der Waals surface area (Å²) in [4.78, 5) is 31.6. The van der Waals surface area contributed by atoms with E-state index in [0.29, 0.717) is 17.7 Å². The van der Waals surface area contributed by atoms with Gasteiger partial charge < -0.3 is 15.0 Å². The third-order valence-electron chi connectivity index (χ3n) is 5.24. The van der Waals surface area contributed by atoms with E-state index in [1.807, 2.05) is 29.2 Å². The van der Waals surface area contributed by atoms with Crippen molar-refractivity contribution in [1.29, 1.82) is 0 Å². The van der Waals surface area contributed by atoms with Gasteiger partial charge in [0, 0.05) is 37.1 Å². The summed E-state index contributed by atoms with van der Waals surface area (Å²) in [6, 6.07) is 9.43. The van der Waals surface area contributed by atoms with E-state index in [1.54, 1.807) is 19.4 Å². The van der Waals surface area contributed by atoms with Gasteiger partial charge in [-0.05, 0) is 37.8 Å². The highest BCUT2D eigenvalue weighted by molar-refractivity contribution is 5.99. The predicted octanol–water partition coefficient (Wildman–Crippen LogP) is 3.42. The number of amides is 2. The van der Waals surface area contributed by atoms with Crippen molar-refractivity contribution in [3.05, 3.63) is 59.4 Å². The number of pyridine rings is 1. The molecule has 0 bridgehead atoms. The lowest BCUT2D eigenvalue weighted by Crippen LogP contribution is -2.43. The normalized spacial score (nSPS) is 16.5. The van der Waals surface area contributed by atoms with Crippen LogP contribution < -0.4 is 10.1 Å². The minimum absolute atomic E-state index is 0.0431. The summed E-state index contributed by atoms with van der Waals surface area (Å²) in [7, 11) is 1.60. The number of rotatable bonds is 6. The summed E-state index contributed by atoms with van der Waals surface area (Å²) in [6.45, 7) is 3.21. The minimum Gasteiger partial charge on any atom is -0.496 e. The second-order valence-electron chi connectivity index (χ2n) is 7.01. The van der Waals surface area contributed by atoms with Crippen LogP contribution in [0.4, 0.5) is 0 Å². The Morgan fingerprint density at radius 2 is 2.00 bits per heavy atom. The van der Waals surface area contributed by atoms with E-state index in [9.17, 15) is 9.59 Å². The first-order valence-corrected chi connectivity index (χ1v) is 9.80. The molecule has 6 heteroatoms. The summed E-state index contributed by atoms with van der Waals surface area (Å²) in [6.07, 6.45) is 7.19. The topological polar surface area (TPSA) is 71.5 Å². The fourth-order valence-corrected chi connectivity index (χ4v) is 3.67. The third-order valence-corrected chi connectivity index (χ3v) is 5.24. The third kappa shape index (κ3) is 4.50. The van der Waals surface area contributed by atoms with Crippen LogP contribution in [-0.2, 0) is 6.54 Å². The Hall–Kier alpha value is -2.89. The molecule has 2 heterocycles. The second-order valence-corrected chi connectivity index (χ2v) is 7.01. The SMILES string of the molecule is CCC1CCCCN1C(=O)c1cncc(C(=O)NCc2ccccc2OC)c1. The first kappa shape index (κ1) is 19.9. The number of hydrogen-bond acceptors (Lipinski definition) is 4. The van der Waals surface area contributed by atoms with Crippen molar-refractivity contribution in [2.24, 2.45) is 0 Å². The Bertz CT molecular complexity index is 837. The fraction of sp³-hybridized carbons (Fsp3) is 0.409. The minimum atomic E-state index is -0.265. The highest BCUT2D eigenvalue weighted by Crippen LogP contribution is 2.22. The van der Waals surface area contributed by atoms with Crippen molar-refractivity contribution >= 4 is 11.8 Å². The van der Waals surface area contributed by atoms with Crippen molar-refractivity contribution in [3.63, 3.8) is 0 Å². The lowest BCUT2D eigenvalue weighted by Gasteiger charge is -2.35. The van der Waals surface area contributed by atoms with Crippen molar-refractivity contribution in [3.8, 4) is 5.75 Å². The zero-order valence-electron chi connectivity index (χ0n) is 16.5. The van der Waals surface area contributed by atoms with E-state index < -0.39 is 0 Å². The van der Waals surface area contributed by atoms with Crippen molar-refractivity contribution < 1.29 is 14.3 Å². The van der Waals surface area contributed by atoms with Gasteiger partial charge in [-0.2, -0.15) is 0 Å². The van der Waals surface area contributed by atoms with Gasteiger partial charge in [0.1, 0.15) is 5.75 Å². The summed E-state index contributed by atoms with van der Waals surface area (Å²) in [5.41, 5.74) is 1.73. The van der Waals surface area contributed by atoms with E-state index in [-0.39, 0.29) is 17.9 Å². The number of carbonyl (C=O) groups excluding carboxylic acids is 2. The molecule has 0 aliphatic carbocycles. The van der Waals surface area contributed by atoms with E-state index in [2.05, 4.69) is 17.2 Å². The van der Waals surface area contributed by atoms with Crippen LogP contribution in [0, 0.1) is 0 Å². The van der Waals surface area contributed by atoms with E-state index in [1.165, 1.54) is 6.20 Å². The molecule has 1 aliphatic rings. The van der Waals surface area contributed by atoms with Crippen molar-refractivity contribution in [1.82, 2.24) is 15.2 Å². The van der Waals surface area contributed by atoms with E-state index in [0.717, 1.165) is 43.5 Å². The molecule has 6 nitrogen and oxygen atoms in total. The molecular weight excluding hydrogens is 354 g/mol. The lowest BCUT2D eigenvalue weighted by molar-refractivity contribution is 0.0607. The lowest BCUT2D eigenvalue weighted by atomic mass is 9.99. The van der Waals surface area contributed by atoms with E-state index >= 15 is 0 Å². The average molecular weight is 381 g/mol. The molecule has 0 radical (unpaired) electrons. The molecule has 0 saturated carbocycles. The van der Waals surface area contributed by atoms with Gasteiger partial charge in [-0.1, -0.05) is 25.1 Å². The molecule has 28 heavy (non-hydrogen) atoms. The molecule has 3 rings (SSSR count). The Labute approximate surface area is 165 Å². The van der Waals surface area contributed by atoms with Gasteiger partial charge in [0.2, 0.25) is 0 Å². The van der Waals surface area contributed by atoms with Crippen LogP contribution in [0.3, 0.4) is 0 Å². The molecule has 1 atom stereocenters. The molecule has 1 aromatic carbocycles. The number of methoxy groups -OCH3 is 1. The van der Waals surface area contributed by atoms with Gasteiger partial charge >= 0.3 is 0 Å². The molecule has 1 aromatic heterocycles. The van der Waals surface area contributed by atoms with Gasteiger partial charge in [-0.15, -0.1) is 0 Å². The number of aromatic nitrogens is 1. The maximum Gasteiger partial charge on any atom is 0.255 e. The molecule has 1 fully saturated rings. The molecule has 2 amide bonds. The van der Waals surface area contributed by atoms with Gasteiger partial charge in [0.25, 0.3) is 11.8 Å². The Morgan fingerprint density at radius 1 is 1.21 bits per heavy atom. The van der Waals surface area contributed by atoms with Crippen LogP contribution >= 0.6 is 0 Å². The molecule has 1 unspecified atom stereocenters. The number of ether oxygens (including phenoxy) is 1. The van der Waals surface area contributed by atoms with Crippen LogP contribution in [0.5, 0.6) is 5.75 Å². The van der Waals surface area contributed by atoms with Gasteiger partial charge in [-0.3, -0.25) is 14.6 Å². The second kappa shape index (κ2) is 9.35. The van der Waals surface area contributed by atoms with Crippen LogP contribution in [0.2, 0.25) is 0 Å². The first-order chi connectivity index (χ1) is 13.6. The molecular formula is C22H27N3O3. The van der Waals surface area contributed by atoms with Crippen molar-refractivity contribution in [2.45, 2.75) is 45.2 Å². The Balaban J connectivity index is 1.70. The number of para-hydroxylation sites is 1. The van der Waals surface area contributed by atoms with Crippen LogP contribution in [0.15, 0.2) is 42.7 Å². The predicted molar refractivity (Wildman–Crippen MR) is 107 cm³/mol. The molecule has 1 N–H and O–H groups in total. The summed E-state index contributed by atoms with van der Waals surface area (Å²) in [5, 5.41) is 2.87. The van der Waals surface area contributed by atoms with Gasteiger partial charge in [0.05, 0.1) is 18.2 Å². The summed E-state index contributed by atoms with van der Waals surface area (Å²) in [5.74, 6) is 0.415. The molecule has 1 aliphatic heterocycles. The molecule has 2 aromatic rings. The van der Waals surface area contributed by atoms with Crippen LogP contribution in [0.25, 0.3) is 0 Å². The van der Waals surface area contributed by atoms with Gasteiger partial charge in [0.15, 0.2) is 0 Å². The number of nitrogens with zero attached hydrogens (tertiary/aromatic N) is 2. The van der Waals surface area contributed by atoms with E-state index in [4.69, 9.17) is 4.74 Å². The molecule has 0 spiro atoms. The summed E-state index contributed by atoms with van der Waals surface area (Å²) >= 11 is 0. The Kier molecular flexibility index (Phi) is 6.63. The highest BCUT2D eigenvalue weighted by Gasteiger charge is 2.26. The zero-order valence-corrected chi connectivity index (χ0v) is 16.5. The zero-order chi connectivity index (χ0) is 19.9. The highest BCUT2D eigenvalue weighted by atomic mass is 16.5. The maximum absolute atomic E-state index is 12.9. The molecule has 148 valence electrons. The Morgan fingerprint density at radius 3 is 2.79 bits per heavy atom. The number of benzene rings is 1. The number of carbonyl (C=O) groups is 2.